The molecule has 3 rings (SSSR count). The quantitative estimate of drug-likeness (QED) is 0.858. The number of pyridine rings is 1. The molecule has 0 amide bonds. The molecule has 2 aromatic rings. The van der Waals surface area contributed by atoms with E-state index in [9.17, 15) is 8.42 Å². The molecule has 0 bridgehead atoms. The number of hydrogen-bond acceptors (Lipinski definition) is 4. The number of rotatable bonds is 3. The van der Waals surface area contributed by atoms with Gasteiger partial charge in [-0.3, -0.25) is 0 Å². The molecule has 1 aliphatic heterocycles. The SMILES string of the molecule is Cc1ccc(C)c(S(=O)(=O)N2CCN(c3cccc(C)n3)CC2)c1. The highest BCUT2D eigenvalue weighted by Crippen LogP contribution is 2.23. The Morgan fingerprint density at radius 1 is 0.958 bits per heavy atom. The van der Waals surface area contributed by atoms with Crippen molar-refractivity contribution in [2.45, 2.75) is 25.7 Å². The summed E-state index contributed by atoms with van der Waals surface area (Å²) in [4.78, 5) is 7.09. The molecule has 24 heavy (non-hydrogen) atoms. The molecule has 0 atom stereocenters. The molecule has 1 fully saturated rings. The first-order valence-corrected chi connectivity index (χ1v) is 9.58. The number of sulfonamides is 1. The van der Waals surface area contributed by atoms with Gasteiger partial charge >= 0.3 is 0 Å². The van der Waals surface area contributed by atoms with Crippen LogP contribution in [0.4, 0.5) is 5.82 Å². The van der Waals surface area contributed by atoms with Gasteiger partial charge in [0.2, 0.25) is 10.0 Å². The summed E-state index contributed by atoms with van der Waals surface area (Å²) >= 11 is 0. The van der Waals surface area contributed by atoms with Gasteiger partial charge in [-0.05, 0) is 50.1 Å². The minimum absolute atomic E-state index is 0.421. The summed E-state index contributed by atoms with van der Waals surface area (Å²) in [5.41, 5.74) is 2.73. The minimum atomic E-state index is -3.44. The average Bonchev–Trinajstić information content (AvgIpc) is 2.57. The fourth-order valence-electron chi connectivity index (χ4n) is 2.99. The Kier molecular flexibility index (Phi) is 4.60. The van der Waals surface area contributed by atoms with Gasteiger partial charge in [0.1, 0.15) is 5.82 Å². The van der Waals surface area contributed by atoms with Crippen molar-refractivity contribution in [2.75, 3.05) is 31.1 Å². The van der Waals surface area contributed by atoms with Gasteiger partial charge in [-0.1, -0.05) is 18.2 Å². The van der Waals surface area contributed by atoms with E-state index < -0.39 is 10.0 Å². The summed E-state index contributed by atoms with van der Waals surface area (Å²) in [5, 5.41) is 0. The highest BCUT2D eigenvalue weighted by atomic mass is 32.2. The zero-order valence-corrected chi connectivity index (χ0v) is 15.2. The molecule has 128 valence electrons. The molecule has 0 unspecified atom stereocenters. The van der Waals surface area contributed by atoms with E-state index in [0.29, 0.717) is 31.1 Å². The third kappa shape index (κ3) is 3.30. The van der Waals surface area contributed by atoms with Crippen molar-refractivity contribution < 1.29 is 8.42 Å². The predicted molar refractivity (Wildman–Crippen MR) is 95.9 cm³/mol. The number of aromatic nitrogens is 1. The number of nitrogens with zero attached hydrogens (tertiary/aromatic N) is 3. The maximum atomic E-state index is 12.9. The number of piperazine rings is 1. The molecule has 1 aromatic heterocycles. The van der Waals surface area contributed by atoms with Crippen LogP contribution in [0, 0.1) is 20.8 Å². The van der Waals surface area contributed by atoms with Gasteiger partial charge in [-0.2, -0.15) is 4.31 Å². The van der Waals surface area contributed by atoms with Crippen molar-refractivity contribution in [2.24, 2.45) is 0 Å². The lowest BCUT2D eigenvalue weighted by Crippen LogP contribution is -2.49. The second-order valence-corrected chi connectivity index (χ2v) is 8.20. The average molecular weight is 345 g/mol. The number of benzene rings is 1. The fourth-order valence-corrected chi connectivity index (χ4v) is 4.72. The first kappa shape index (κ1) is 16.9. The predicted octanol–water partition coefficient (Wildman–Crippen LogP) is 2.52. The van der Waals surface area contributed by atoms with Crippen molar-refractivity contribution in [1.82, 2.24) is 9.29 Å². The maximum absolute atomic E-state index is 12.9. The normalized spacial score (nSPS) is 16.4. The summed E-state index contributed by atoms with van der Waals surface area (Å²) in [5.74, 6) is 0.916. The van der Waals surface area contributed by atoms with E-state index in [4.69, 9.17) is 0 Å². The molecule has 1 aliphatic rings. The molecule has 0 radical (unpaired) electrons. The third-order valence-electron chi connectivity index (χ3n) is 4.40. The van der Waals surface area contributed by atoms with Gasteiger partial charge in [0, 0.05) is 31.9 Å². The van der Waals surface area contributed by atoms with E-state index in [-0.39, 0.29) is 0 Å². The highest BCUT2D eigenvalue weighted by molar-refractivity contribution is 7.89. The molecule has 0 saturated carbocycles. The van der Waals surface area contributed by atoms with Gasteiger partial charge in [0.15, 0.2) is 0 Å². The van der Waals surface area contributed by atoms with Crippen LogP contribution in [-0.2, 0) is 10.0 Å². The molecular formula is C18H23N3O2S. The van der Waals surface area contributed by atoms with E-state index in [1.807, 2.05) is 51.1 Å². The summed E-state index contributed by atoms with van der Waals surface area (Å²) in [6.45, 7) is 7.99. The summed E-state index contributed by atoms with van der Waals surface area (Å²) in [6, 6.07) is 11.5. The van der Waals surface area contributed by atoms with Crippen molar-refractivity contribution in [3.05, 3.63) is 53.2 Å². The lowest BCUT2D eigenvalue weighted by atomic mass is 10.2. The van der Waals surface area contributed by atoms with Gasteiger partial charge in [-0.15, -0.1) is 0 Å². The Labute approximate surface area is 144 Å². The molecular weight excluding hydrogens is 322 g/mol. The van der Waals surface area contributed by atoms with Gasteiger partial charge < -0.3 is 4.90 Å². The number of aryl methyl sites for hydroxylation is 3. The van der Waals surface area contributed by atoms with E-state index in [1.165, 1.54) is 0 Å². The van der Waals surface area contributed by atoms with Crippen molar-refractivity contribution in [3.8, 4) is 0 Å². The Morgan fingerprint density at radius 3 is 2.33 bits per heavy atom. The monoisotopic (exact) mass is 345 g/mol. The van der Waals surface area contributed by atoms with E-state index in [1.54, 1.807) is 10.4 Å². The second kappa shape index (κ2) is 6.53. The summed E-state index contributed by atoms with van der Waals surface area (Å²) in [6.07, 6.45) is 0. The zero-order valence-electron chi connectivity index (χ0n) is 14.4. The molecule has 1 saturated heterocycles. The molecule has 2 heterocycles. The zero-order chi connectivity index (χ0) is 17.3. The van der Waals surface area contributed by atoms with Crippen LogP contribution in [-0.4, -0.2) is 43.9 Å². The van der Waals surface area contributed by atoms with E-state index in [2.05, 4.69) is 9.88 Å². The van der Waals surface area contributed by atoms with Gasteiger partial charge in [-0.25, -0.2) is 13.4 Å². The number of anilines is 1. The topological polar surface area (TPSA) is 53.5 Å². The van der Waals surface area contributed by atoms with Crippen molar-refractivity contribution in [3.63, 3.8) is 0 Å². The number of hydrogen-bond donors (Lipinski definition) is 0. The van der Waals surface area contributed by atoms with Crippen LogP contribution in [0.5, 0.6) is 0 Å². The summed E-state index contributed by atoms with van der Waals surface area (Å²) in [7, 11) is -3.44. The smallest absolute Gasteiger partial charge is 0.243 e. The molecule has 1 aromatic carbocycles. The fraction of sp³-hybridized carbons (Fsp3) is 0.389. The van der Waals surface area contributed by atoms with Crippen LogP contribution in [0.2, 0.25) is 0 Å². The second-order valence-electron chi connectivity index (χ2n) is 6.30. The van der Waals surface area contributed by atoms with Crippen LogP contribution >= 0.6 is 0 Å². The van der Waals surface area contributed by atoms with Gasteiger partial charge in [0.05, 0.1) is 4.90 Å². The molecule has 0 N–H and O–H groups in total. The molecule has 5 nitrogen and oxygen atoms in total. The van der Waals surface area contributed by atoms with Crippen LogP contribution < -0.4 is 4.90 Å². The Morgan fingerprint density at radius 2 is 1.67 bits per heavy atom. The van der Waals surface area contributed by atoms with Crippen LogP contribution in [0.15, 0.2) is 41.3 Å². The lowest BCUT2D eigenvalue weighted by molar-refractivity contribution is 0.383. The van der Waals surface area contributed by atoms with Crippen LogP contribution in [0.3, 0.4) is 0 Å². The Balaban J connectivity index is 1.77. The Bertz CT molecular complexity index is 841. The van der Waals surface area contributed by atoms with Crippen LogP contribution in [0.25, 0.3) is 0 Å². The maximum Gasteiger partial charge on any atom is 0.243 e. The first-order valence-electron chi connectivity index (χ1n) is 8.14. The van der Waals surface area contributed by atoms with E-state index >= 15 is 0 Å². The standard InChI is InChI=1S/C18H23N3O2S/c1-14-7-8-15(2)17(13-14)24(22,23)21-11-9-20(10-12-21)18-6-4-5-16(3)19-18/h4-8,13H,9-12H2,1-3H3. The largest absolute Gasteiger partial charge is 0.354 e. The minimum Gasteiger partial charge on any atom is -0.354 e. The lowest BCUT2D eigenvalue weighted by Gasteiger charge is -2.35. The molecule has 0 spiro atoms. The van der Waals surface area contributed by atoms with Crippen molar-refractivity contribution in [1.29, 1.82) is 0 Å². The van der Waals surface area contributed by atoms with Crippen LogP contribution in [0.1, 0.15) is 16.8 Å². The van der Waals surface area contributed by atoms with Crippen molar-refractivity contribution >= 4 is 15.8 Å². The molecule has 0 aliphatic carbocycles. The third-order valence-corrected chi connectivity index (χ3v) is 6.44. The first-order chi connectivity index (χ1) is 11.4. The van der Waals surface area contributed by atoms with E-state index in [0.717, 1.165) is 22.6 Å². The molecule has 6 heteroatoms. The summed E-state index contributed by atoms with van der Waals surface area (Å²) < 4.78 is 27.5. The van der Waals surface area contributed by atoms with Gasteiger partial charge in [0.25, 0.3) is 0 Å². The highest BCUT2D eigenvalue weighted by Gasteiger charge is 2.30. The Hall–Kier alpha value is -1.92.